The Morgan fingerprint density at radius 2 is 1.82 bits per heavy atom. The number of rotatable bonds is 0. The molecule has 0 radical (unpaired) electrons. The first-order chi connectivity index (χ1) is 8.09. The predicted octanol–water partition coefficient (Wildman–Crippen LogP) is 2.82. The minimum absolute atomic E-state index is 0.0213. The van der Waals surface area contributed by atoms with Crippen LogP contribution in [0.4, 0.5) is 8.78 Å². The lowest BCUT2D eigenvalue weighted by atomic mass is 10.3. The summed E-state index contributed by atoms with van der Waals surface area (Å²) >= 11 is 3.01. The maximum absolute atomic E-state index is 13.8. The summed E-state index contributed by atoms with van der Waals surface area (Å²) in [4.78, 5) is 14.1. The van der Waals surface area contributed by atoms with Crippen LogP contribution >= 0.6 is 15.9 Å². The lowest BCUT2D eigenvalue weighted by Gasteiger charge is -2.05. The number of aromatic nitrogens is 2. The van der Waals surface area contributed by atoms with Crippen LogP contribution in [-0.2, 0) is 0 Å². The highest BCUT2D eigenvalue weighted by atomic mass is 79.9. The van der Waals surface area contributed by atoms with Crippen LogP contribution < -0.4 is 5.56 Å². The van der Waals surface area contributed by atoms with Crippen molar-refractivity contribution >= 4 is 32.5 Å². The molecular weight excluding hydrogens is 294 g/mol. The maximum Gasteiger partial charge on any atom is 0.272 e. The summed E-state index contributed by atoms with van der Waals surface area (Å²) in [6.45, 7) is 0. The Labute approximate surface area is 102 Å². The van der Waals surface area contributed by atoms with Gasteiger partial charge in [0.1, 0.15) is 11.0 Å². The van der Waals surface area contributed by atoms with E-state index in [4.69, 9.17) is 0 Å². The lowest BCUT2D eigenvalue weighted by molar-refractivity contribution is 0.578. The highest BCUT2D eigenvalue weighted by Crippen LogP contribution is 2.23. The third-order valence-electron chi connectivity index (χ3n) is 2.62. The summed E-state index contributed by atoms with van der Waals surface area (Å²) in [7, 11) is 0. The molecule has 0 aliphatic rings. The number of H-pyrrole nitrogens is 1. The van der Waals surface area contributed by atoms with Crippen LogP contribution in [0.5, 0.6) is 0 Å². The fraction of sp³-hybridized carbons (Fsp3) is 0. The van der Waals surface area contributed by atoms with Gasteiger partial charge in [0.15, 0.2) is 11.8 Å². The van der Waals surface area contributed by atoms with Gasteiger partial charge in [0.25, 0.3) is 5.56 Å². The molecule has 0 atom stereocenters. The van der Waals surface area contributed by atoms with Crippen molar-refractivity contribution in [3.05, 3.63) is 50.9 Å². The van der Waals surface area contributed by atoms with Crippen LogP contribution in [0.1, 0.15) is 0 Å². The molecular formula is C11H5BrF2N2O. The first-order valence-corrected chi connectivity index (χ1v) is 5.56. The number of halogens is 3. The molecule has 1 N–H and O–H groups in total. The molecule has 0 spiro atoms. The second kappa shape index (κ2) is 3.40. The summed E-state index contributed by atoms with van der Waals surface area (Å²) < 4.78 is 28.7. The Bertz CT molecular complexity index is 806. The van der Waals surface area contributed by atoms with Gasteiger partial charge in [-0.15, -0.1) is 0 Å². The Kier molecular flexibility index (Phi) is 2.09. The number of benzene rings is 1. The molecule has 0 saturated carbocycles. The van der Waals surface area contributed by atoms with E-state index in [1.54, 1.807) is 0 Å². The molecule has 0 aliphatic heterocycles. The van der Waals surface area contributed by atoms with E-state index in [9.17, 15) is 13.6 Å². The summed E-state index contributed by atoms with van der Waals surface area (Å²) in [6.07, 6.45) is 0. The number of hydrogen-bond acceptors (Lipinski definition) is 1. The third-order valence-corrected chi connectivity index (χ3v) is 3.23. The normalized spacial score (nSPS) is 11.5. The second-order valence-corrected chi connectivity index (χ2v) is 4.44. The summed E-state index contributed by atoms with van der Waals surface area (Å²) in [5.74, 6) is -1.22. The van der Waals surface area contributed by atoms with Crippen molar-refractivity contribution in [3.8, 4) is 0 Å². The lowest BCUT2D eigenvalue weighted by Crippen LogP contribution is -2.11. The van der Waals surface area contributed by atoms with Crippen molar-refractivity contribution in [1.29, 1.82) is 0 Å². The van der Waals surface area contributed by atoms with Crippen molar-refractivity contribution in [1.82, 2.24) is 9.38 Å². The molecule has 3 rings (SSSR count). The quantitative estimate of drug-likeness (QED) is 0.681. The van der Waals surface area contributed by atoms with E-state index < -0.39 is 17.3 Å². The topological polar surface area (TPSA) is 37.3 Å². The van der Waals surface area contributed by atoms with Gasteiger partial charge in [-0.25, -0.2) is 4.39 Å². The van der Waals surface area contributed by atoms with Crippen LogP contribution in [-0.4, -0.2) is 9.38 Å². The molecule has 0 saturated heterocycles. The van der Waals surface area contributed by atoms with Crippen LogP contribution in [0, 0.1) is 11.8 Å². The molecule has 0 aliphatic carbocycles. The smallest absolute Gasteiger partial charge is 0.272 e. The number of hydrogen-bond donors (Lipinski definition) is 1. The van der Waals surface area contributed by atoms with Gasteiger partial charge < -0.3 is 4.98 Å². The Hall–Kier alpha value is -1.69. The van der Waals surface area contributed by atoms with Crippen molar-refractivity contribution in [3.63, 3.8) is 0 Å². The molecule has 3 aromatic rings. The van der Waals surface area contributed by atoms with E-state index in [1.807, 2.05) is 0 Å². The van der Waals surface area contributed by atoms with Crippen molar-refractivity contribution < 1.29 is 8.78 Å². The zero-order valence-electron chi connectivity index (χ0n) is 8.30. The Morgan fingerprint density at radius 3 is 2.59 bits per heavy atom. The number of aromatic amines is 1. The SMILES string of the molecule is O=c1[nH]c2c(F)c(Br)ccc2n2c(F)ccc12. The molecule has 0 bridgehead atoms. The van der Waals surface area contributed by atoms with Crippen LogP contribution in [0.25, 0.3) is 16.6 Å². The molecule has 3 nitrogen and oxygen atoms in total. The molecule has 1 aromatic carbocycles. The van der Waals surface area contributed by atoms with E-state index in [-0.39, 0.29) is 21.0 Å². The highest BCUT2D eigenvalue weighted by molar-refractivity contribution is 9.10. The second-order valence-electron chi connectivity index (χ2n) is 3.59. The molecule has 6 heteroatoms. The first kappa shape index (κ1) is 10.5. The third kappa shape index (κ3) is 1.33. The van der Waals surface area contributed by atoms with E-state index in [0.29, 0.717) is 0 Å². The fourth-order valence-corrected chi connectivity index (χ4v) is 2.19. The predicted molar refractivity (Wildman–Crippen MR) is 63.1 cm³/mol. The monoisotopic (exact) mass is 298 g/mol. The van der Waals surface area contributed by atoms with Gasteiger partial charge in [0.05, 0.1) is 9.99 Å². The molecule has 0 fully saturated rings. The standard InChI is InChI=1S/C11H5BrF2N2O/c12-5-1-2-6-10(9(5)14)15-11(17)7-3-4-8(13)16(6)7/h1-4H,(H,15,17). The van der Waals surface area contributed by atoms with E-state index >= 15 is 0 Å². The van der Waals surface area contributed by atoms with Crippen molar-refractivity contribution in [2.45, 2.75) is 0 Å². The van der Waals surface area contributed by atoms with Gasteiger partial charge in [-0.1, -0.05) is 0 Å². The van der Waals surface area contributed by atoms with Crippen LogP contribution in [0.3, 0.4) is 0 Å². The van der Waals surface area contributed by atoms with Gasteiger partial charge in [-0.05, 0) is 40.2 Å². The first-order valence-electron chi connectivity index (χ1n) is 4.76. The van der Waals surface area contributed by atoms with Gasteiger partial charge >= 0.3 is 0 Å². The molecule has 0 amide bonds. The maximum atomic E-state index is 13.8. The zero-order chi connectivity index (χ0) is 12.2. The number of fused-ring (bicyclic) bond motifs is 3. The van der Waals surface area contributed by atoms with Crippen molar-refractivity contribution in [2.75, 3.05) is 0 Å². The summed E-state index contributed by atoms with van der Waals surface area (Å²) in [5.41, 5.74) is -0.120. The van der Waals surface area contributed by atoms with Gasteiger partial charge in [0, 0.05) is 0 Å². The largest absolute Gasteiger partial charge is 0.316 e. The summed E-state index contributed by atoms with van der Waals surface area (Å²) in [5, 5.41) is 0. The molecule has 2 aromatic heterocycles. The molecule has 0 unspecified atom stereocenters. The minimum atomic E-state index is -0.616. The average molecular weight is 299 g/mol. The molecule has 17 heavy (non-hydrogen) atoms. The van der Waals surface area contributed by atoms with E-state index in [1.165, 1.54) is 24.3 Å². The average Bonchev–Trinajstić information content (AvgIpc) is 2.68. The van der Waals surface area contributed by atoms with E-state index in [2.05, 4.69) is 20.9 Å². The number of nitrogens with zero attached hydrogens (tertiary/aromatic N) is 1. The zero-order valence-corrected chi connectivity index (χ0v) is 9.88. The van der Waals surface area contributed by atoms with Crippen molar-refractivity contribution in [2.24, 2.45) is 0 Å². The molecule has 86 valence electrons. The highest BCUT2D eigenvalue weighted by Gasteiger charge is 2.13. The fourth-order valence-electron chi connectivity index (χ4n) is 1.86. The Balaban J connectivity index is 2.70. The van der Waals surface area contributed by atoms with Crippen LogP contribution in [0.2, 0.25) is 0 Å². The Morgan fingerprint density at radius 1 is 1.12 bits per heavy atom. The van der Waals surface area contributed by atoms with Gasteiger partial charge in [-0.2, -0.15) is 4.39 Å². The minimum Gasteiger partial charge on any atom is -0.316 e. The van der Waals surface area contributed by atoms with Gasteiger partial charge in [0.2, 0.25) is 0 Å². The van der Waals surface area contributed by atoms with Gasteiger partial charge in [-0.3, -0.25) is 9.20 Å². The molecule has 2 heterocycles. The van der Waals surface area contributed by atoms with E-state index in [0.717, 1.165) is 4.40 Å². The number of nitrogens with one attached hydrogen (secondary N) is 1. The van der Waals surface area contributed by atoms with Crippen LogP contribution in [0.15, 0.2) is 33.5 Å². The summed E-state index contributed by atoms with van der Waals surface area (Å²) in [6, 6.07) is 5.53.